The number of nitrogens with one attached hydrogen (secondary N) is 1. The first-order valence-corrected chi connectivity index (χ1v) is 7.16. The molecule has 0 saturated carbocycles. The smallest absolute Gasteiger partial charge is 0.0897 e. The van der Waals surface area contributed by atoms with Crippen LogP contribution >= 0.6 is 0 Å². The lowest BCUT2D eigenvalue weighted by Gasteiger charge is -2.11. The van der Waals surface area contributed by atoms with Gasteiger partial charge in [-0.05, 0) is 6.42 Å². The Bertz CT molecular complexity index is 167. The molecule has 0 aliphatic heterocycles. The van der Waals surface area contributed by atoms with Crippen LogP contribution in [0.3, 0.4) is 0 Å². The van der Waals surface area contributed by atoms with Gasteiger partial charge in [-0.3, -0.25) is 4.21 Å². The Kier molecular flexibility index (Phi) is 10.6. The lowest BCUT2D eigenvalue weighted by molar-refractivity contribution is 0.0362. The van der Waals surface area contributed by atoms with E-state index in [2.05, 4.69) is 12.2 Å². The molecule has 0 radical (unpaired) electrons. The largest absolute Gasteiger partial charge is 0.389 e. The highest BCUT2D eigenvalue weighted by Crippen LogP contribution is 1.90. The first-order chi connectivity index (χ1) is 7.16. The van der Waals surface area contributed by atoms with E-state index in [1.807, 2.05) is 0 Å². The monoisotopic (exact) mass is 237 g/mol. The highest BCUT2D eigenvalue weighted by molar-refractivity contribution is 7.84. The van der Waals surface area contributed by atoms with E-state index in [0.29, 0.717) is 32.1 Å². The van der Waals surface area contributed by atoms with E-state index in [9.17, 15) is 9.32 Å². The van der Waals surface area contributed by atoms with Crippen LogP contribution in [0.15, 0.2) is 0 Å². The van der Waals surface area contributed by atoms with Crippen molar-refractivity contribution in [1.82, 2.24) is 5.32 Å². The third-order valence-corrected chi connectivity index (χ3v) is 2.68. The van der Waals surface area contributed by atoms with Crippen molar-refractivity contribution < 1.29 is 14.1 Å². The summed E-state index contributed by atoms with van der Waals surface area (Å²) in [5, 5.41) is 12.5. The van der Waals surface area contributed by atoms with Crippen molar-refractivity contribution in [2.45, 2.75) is 25.9 Å². The Morgan fingerprint density at radius 1 is 1.53 bits per heavy atom. The summed E-state index contributed by atoms with van der Waals surface area (Å²) in [4.78, 5) is 0. The molecule has 4 nitrogen and oxygen atoms in total. The predicted molar refractivity (Wildman–Crippen MR) is 63.5 cm³/mol. The van der Waals surface area contributed by atoms with Crippen molar-refractivity contribution in [3.63, 3.8) is 0 Å². The fourth-order valence-corrected chi connectivity index (χ4v) is 1.44. The normalized spacial score (nSPS) is 15.1. The fraction of sp³-hybridized carbons (Fsp3) is 1.00. The van der Waals surface area contributed by atoms with Crippen LogP contribution in [0.4, 0.5) is 0 Å². The number of ether oxygens (including phenoxy) is 1. The average Bonchev–Trinajstić information content (AvgIpc) is 2.19. The molecule has 0 spiro atoms. The van der Waals surface area contributed by atoms with Crippen molar-refractivity contribution in [3.05, 3.63) is 0 Å². The van der Waals surface area contributed by atoms with Gasteiger partial charge in [0.1, 0.15) is 0 Å². The van der Waals surface area contributed by atoms with Gasteiger partial charge in [0.2, 0.25) is 0 Å². The molecule has 2 atom stereocenters. The minimum atomic E-state index is -0.764. The van der Waals surface area contributed by atoms with Crippen molar-refractivity contribution in [2.75, 3.05) is 38.3 Å². The van der Waals surface area contributed by atoms with Gasteiger partial charge in [0.15, 0.2) is 0 Å². The Balaban J connectivity index is 3.18. The molecule has 0 aromatic rings. The topological polar surface area (TPSA) is 58.6 Å². The minimum absolute atomic E-state index is 0.377. The molecular formula is C10H23NO3S. The van der Waals surface area contributed by atoms with Gasteiger partial charge in [0, 0.05) is 42.5 Å². The van der Waals surface area contributed by atoms with Crippen LogP contribution in [0.2, 0.25) is 0 Å². The molecule has 2 unspecified atom stereocenters. The van der Waals surface area contributed by atoms with Crippen LogP contribution in [-0.4, -0.2) is 53.7 Å². The zero-order valence-electron chi connectivity index (χ0n) is 9.70. The summed E-state index contributed by atoms with van der Waals surface area (Å²) in [6.45, 7) is 4.37. The van der Waals surface area contributed by atoms with Crippen LogP contribution in [-0.2, 0) is 15.5 Å². The summed E-state index contributed by atoms with van der Waals surface area (Å²) in [7, 11) is -0.764. The number of aliphatic hydroxyl groups is 1. The summed E-state index contributed by atoms with van der Waals surface area (Å²) in [5.74, 6) is 0.628. The third-order valence-electron chi connectivity index (χ3n) is 1.90. The van der Waals surface area contributed by atoms with E-state index < -0.39 is 16.9 Å². The van der Waals surface area contributed by atoms with Crippen molar-refractivity contribution >= 4 is 10.8 Å². The summed E-state index contributed by atoms with van der Waals surface area (Å²) in [5.41, 5.74) is 0. The highest BCUT2D eigenvalue weighted by Gasteiger charge is 2.03. The standard InChI is InChI=1S/C10H23NO3S/c1-3-4-6-14-9-10(12)8-11-5-7-15(2)13/h10-12H,3-9H2,1-2H3. The summed E-state index contributed by atoms with van der Waals surface area (Å²) in [6, 6.07) is 0. The Morgan fingerprint density at radius 3 is 2.87 bits per heavy atom. The minimum Gasteiger partial charge on any atom is -0.389 e. The second kappa shape index (κ2) is 10.5. The van der Waals surface area contributed by atoms with Gasteiger partial charge in [-0.25, -0.2) is 0 Å². The molecule has 92 valence electrons. The Labute approximate surface area is 94.9 Å². The summed E-state index contributed by atoms with van der Waals surface area (Å²) < 4.78 is 16.0. The second-order valence-corrected chi connectivity index (χ2v) is 5.12. The number of rotatable bonds is 10. The molecule has 0 aromatic heterocycles. The van der Waals surface area contributed by atoms with Gasteiger partial charge in [0.05, 0.1) is 12.7 Å². The summed E-state index contributed by atoms with van der Waals surface area (Å²) in [6.07, 6.45) is 3.35. The van der Waals surface area contributed by atoms with Gasteiger partial charge in [-0.15, -0.1) is 0 Å². The maximum Gasteiger partial charge on any atom is 0.0897 e. The van der Waals surface area contributed by atoms with Crippen molar-refractivity contribution in [3.8, 4) is 0 Å². The third kappa shape index (κ3) is 12.0. The highest BCUT2D eigenvalue weighted by atomic mass is 32.2. The predicted octanol–water partition coefficient (Wildman–Crippen LogP) is 0.132. The molecule has 0 saturated heterocycles. The molecule has 0 bridgehead atoms. The maximum atomic E-state index is 10.7. The number of unbranched alkanes of at least 4 members (excludes halogenated alkanes) is 1. The van der Waals surface area contributed by atoms with Crippen molar-refractivity contribution in [2.24, 2.45) is 0 Å². The van der Waals surface area contributed by atoms with Crippen LogP contribution < -0.4 is 5.32 Å². The quantitative estimate of drug-likeness (QED) is 0.530. The molecule has 0 aromatic carbocycles. The van der Waals surface area contributed by atoms with E-state index in [4.69, 9.17) is 4.74 Å². The number of aliphatic hydroxyl groups excluding tert-OH is 1. The van der Waals surface area contributed by atoms with E-state index in [-0.39, 0.29) is 0 Å². The molecule has 15 heavy (non-hydrogen) atoms. The first-order valence-electron chi connectivity index (χ1n) is 5.43. The maximum absolute atomic E-state index is 10.7. The number of hydrogen-bond donors (Lipinski definition) is 2. The molecular weight excluding hydrogens is 214 g/mol. The van der Waals surface area contributed by atoms with Crippen LogP contribution in [0, 0.1) is 0 Å². The lowest BCUT2D eigenvalue weighted by atomic mass is 10.3. The zero-order chi connectivity index (χ0) is 11.5. The first kappa shape index (κ1) is 15.0. The van der Waals surface area contributed by atoms with Gasteiger partial charge in [0.25, 0.3) is 0 Å². The van der Waals surface area contributed by atoms with Gasteiger partial charge < -0.3 is 15.2 Å². The van der Waals surface area contributed by atoms with Crippen LogP contribution in [0.25, 0.3) is 0 Å². The van der Waals surface area contributed by atoms with Crippen LogP contribution in [0.5, 0.6) is 0 Å². The molecule has 2 N–H and O–H groups in total. The molecule has 0 fully saturated rings. The van der Waals surface area contributed by atoms with Gasteiger partial charge in [-0.1, -0.05) is 13.3 Å². The molecule has 0 aliphatic rings. The van der Waals surface area contributed by atoms with Gasteiger partial charge in [-0.2, -0.15) is 0 Å². The van der Waals surface area contributed by atoms with E-state index in [1.54, 1.807) is 6.26 Å². The lowest BCUT2D eigenvalue weighted by Crippen LogP contribution is -2.32. The average molecular weight is 237 g/mol. The Hall–Kier alpha value is 0.0300. The second-order valence-electron chi connectivity index (χ2n) is 3.56. The molecule has 0 amide bonds. The summed E-state index contributed by atoms with van der Waals surface area (Å²) >= 11 is 0. The fourth-order valence-electron chi connectivity index (χ4n) is 1.01. The SMILES string of the molecule is CCCCOCC(O)CNCCS(C)=O. The van der Waals surface area contributed by atoms with Gasteiger partial charge >= 0.3 is 0 Å². The van der Waals surface area contributed by atoms with E-state index in [0.717, 1.165) is 12.8 Å². The molecule has 0 rings (SSSR count). The number of hydrogen-bond acceptors (Lipinski definition) is 4. The molecule has 0 aliphatic carbocycles. The van der Waals surface area contributed by atoms with E-state index >= 15 is 0 Å². The zero-order valence-corrected chi connectivity index (χ0v) is 10.5. The molecule has 5 heteroatoms. The van der Waals surface area contributed by atoms with Crippen molar-refractivity contribution in [1.29, 1.82) is 0 Å². The Morgan fingerprint density at radius 2 is 2.27 bits per heavy atom. The molecule has 0 heterocycles. The van der Waals surface area contributed by atoms with E-state index in [1.165, 1.54) is 0 Å². The van der Waals surface area contributed by atoms with Crippen LogP contribution in [0.1, 0.15) is 19.8 Å².